The molecule has 2 aromatic rings. The Balaban J connectivity index is 2.00. The molecule has 0 spiro atoms. The number of aromatic nitrogens is 2. The summed E-state index contributed by atoms with van der Waals surface area (Å²) in [4.78, 5) is 12.3. The molecule has 0 saturated heterocycles. The lowest BCUT2D eigenvalue weighted by Crippen LogP contribution is -2.29. The third kappa shape index (κ3) is 2.33. The molecule has 21 heavy (non-hydrogen) atoms. The summed E-state index contributed by atoms with van der Waals surface area (Å²) in [5, 5.41) is 10.8. The maximum atomic E-state index is 12.3. The van der Waals surface area contributed by atoms with E-state index in [1.54, 1.807) is 4.68 Å². The van der Waals surface area contributed by atoms with E-state index in [1.807, 2.05) is 38.1 Å². The standard InChI is InChI=1S/C15H19N5O/c1-3-20-14-13(9(2)19-20)18-12(8-17-15(14)21)10-4-6-11(16)7-5-10/h4-7,12,18H,3,8,16H2,1-2H3,(H,17,21). The van der Waals surface area contributed by atoms with E-state index in [0.717, 1.165) is 22.6 Å². The molecule has 3 rings (SSSR count). The van der Waals surface area contributed by atoms with Crippen LogP contribution in [0.3, 0.4) is 0 Å². The number of hydrogen-bond donors (Lipinski definition) is 3. The molecule has 1 atom stereocenters. The van der Waals surface area contributed by atoms with Crippen LogP contribution >= 0.6 is 0 Å². The number of aryl methyl sites for hydroxylation is 2. The smallest absolute Gasteiger partial charge is 0.271 e. The minimum Gasteiger partial charge on any atom is -0.399 e. The zero-order valence-electron chi connectivity index (χ0n) is 12.2. The topological polar surface area (TPSA) is 85.0 Å². The Morgan fingerprint density at radius 3 is 2.76 bits per heavy atom. The van der Waals surface area contributed by atoms with E-state index < -0.39 is 0 Å². The number of rotatable bonds is 2. The Morgan fingerprint density at radius 1 is 1.38 bits per heavy atom. The van der Waals surface area contributed by atoms with Crippen molar-refractivity contribution in [1.82, 2.24) is 15.1 Å². The SMILES string of the molecule is CCn1nc(C)c2c1C(=O)NCC(c1ccc(N)cc1)N2. The van der Waals surface area contributed by atoms with Crippen LogP contribution in [0.2, 0.25) is 0 Å². The van der Waals surface area contributed by atoms with E-state index in [0.29, 0.717) is 18.8 Å². The molecule has 0 bridgehead atoms. The fraction of sp³-hybridized carbons (Fsp3) is 0.333. The Bertz CT molecular complexity index is 674. The van der Waals surface area contributed by atoms with Gasteiger partial charge in [-0.25, -0.2) is 0 Å². The molecule has 4 N–H and O–H groups in total. The van der Waals surface area contributed by atoms with Gasteiger partial charge in [0.15, 0.2) is 0 Å². The molecule has 0 fully saturated rings. The number of nitrogens with two attached hydrogens (primary N) is 1. The van der Waals surface area contributed by atoms with Gasteiger partial charge in [-0.05, 0) is 31.5 Å². The van der Waals surface area contributed by atoms with Crippen LogP contribution in [0.4, 0.5) is 11.4 Å². The first kappa shape index (κ1) is 13.5. The zero-order chi connectivity index (χ0) is 15.0. The summed E-state index contributed by atoms with van der Waals surface area (Å²) in [6.07, 6.45) is 0. The molecule has 6 heteroatoms. The maximum absolute atomic E-state index is 12.3. The lowest BCUT2D eigenvalue weighted by Gasteiger charge is -2.17. The second-order valence-corrected chi connectivity index (χ2v) is 5.20. The fourth-order valence-electron chi connectivity index (χ4n) is 2.65. The molecule has 1 aliphatic heterocycles. The summed E-state index contributed by atoms with van der Waals surface area (Å²) in [5.74, 6) is -0.0853. The van der Waals surface area contributed by atoms with Crippen molar-refractivity contribution < 1.29 is 4.79 Å². The maximum Gasteiger partial charge on any atom is 0.271 e. The van der Waals surface area contributed by atoms with Gasteiger partial charge in [0.1, 0.15) is 5.69 Å². The number of carbonyl (C=O) groups excluding carboxylic acids is 1. The van der Waals surface area contributed by atoms with E-state index in [9.17, 15) is 4.79 Å². The molecule has 0 aliphatic carbocycles. The number of benzene rings is 1. The second-order valence-electron chi connectivity index (χ2n) is 5.20. The van der Waals surface area contributed by atoms with Crippen LogP contribution < -0.4 is 16.4 Å². The number of nitrogens with one attached hydrogen (secondary N) is 2. The zero-order valence-corrected chi connectivity index (χ0v) is 12.2. The summed E-state index contributed by atoms with van der Waals surface area (Å²) in [6, 6.07) is 7.69. The summed E-state index contributed by atoms with van der Waals surface area (Å²) in [6.45, 7) is 5.08. The van der Waals surface area contributed by atoms with Crippen molar-refractivity contribution in [2.45, 2.75) is 26.4 Å². The van der Waals surface area contributed by atoms with E-state index in [-0.39, 0.29) is 11.9 Å². The van der Waals surface area contributed by atoms with Gasteiger partial charge in [0.2, 0.25) is 0 Å². The number of nitrogens with zero attached hydrogens (tertiary/aromatic N) is 2. The molecule has 0 saturated carbocycles. The first-order valence-electron chi connectivity index (χ1n) is 7.07. The molecule has 6 nitrogen and oxygen atoms in total. The highest BCUT2D eigenvalue weighted by molar-refractivity contribution is 5.99. The first-order valence-corrected chi connectivity index (χ1v) is 7.07. The van der Waals surface area contributed by atoms with Gasteiger partial charge in [-0.3, -0.25) is 9.48 Å². The van der Waals surface area contributed by atoms with E-state index in [2.05, 4.69) is 15.7 Å². The van der Waals surface area contributed by atoms with Crippen molar-refractivity contribution in [3.63, 3.8) is 0 Å². The number of anilines is 2. The molecule has 1 aromatic carbocycles. The van der Waals surface area contributed by atoms with Crippen LogP contribution in [0.15, 0.2) is 24.3 Å². The van der Waals surface area contributed by atoms with Crippen molar-refractivity contribution in [3.8, 4) is 0 Å². The largest absolute Gasteiger partial charge is 0.399 e. The Hall–Kier alpha value is -2.50. The van der Waals surface area contributed by atoms with Crippen LogP contribution in [-0.4, -0.2) is 22.2 Å². The van der Waals surface area contributed by atoms with Gasteiger partial charge >= 0.3 is 0 Å². The van der Waals surface area contributed by atoms with Crippen LogP contribution in [0.25, 0.3) is 0 Å². The van der Waals surface area contributed by atoms with Crippen molar-refractivity contribution >= 4 is 17.3 Å². The monoisotopic (exact) mass is 285 g/mol. The molecule has 2 heterocycles. The molecule has 110 valence electrons. The highest BCUT2D eigenvalue weighted by Gasteiger charge is 2.27. The molecular formula is C15H19N5O. The normalized spacial score (nSPS) is 17.6. The molecule has 1 unspecified atom stereocenters. The van der Waals surface area contributed by atoms with Crippen molar-refractivity contribution in [2.75, 3.05) is 17.6 Å². The average molecular weight is 285 g/mol. The average Bonchev–Trinajstić information content (AvgIpc) is 2.69. The van der Waals surface area contributed by atoms with E-state index in [1.165, 1.54) is 0 Å². The van der Waals surface area contributed by atoms with E-state index in [4.69, 9.17) is 5.73 Å². The van der Waals surface area contributed by atoms with E-state index >= 15 is 0 Å². The highest BCUT2D eigenvalue weighted by atomic mass is 16.2. The van der Waals surface area contributed by atoms with Gasteiger partial charge in [0.05, 0.1) is 17.4 Å². The molecule has 0 radical (unpaired) electrons. The predicted molar refractivity (Wildman–Crippen MR) is 82.2 cm³/mol. The van der Waals surface area contributed by atoms with Crippen molar-refractivity contribution in [2.24, 2.45) is 0 Å². The minimum atomic E-state index is -0.0853. The summed E-state index contributed by atoms with van der Waals surface area (Å²) in [5.41, 5.74) is 9.80. The molecule has 1 aromatic heterocycles. The third-order valence-electron chi connectivity index (χ3n) is 3.77. The minimum absolute atomic E-state index is 0.00371. The lowest BCUT2D eigenvalue weighted by atomic mass is 10.1. The number of fused-ring (bicyclic) bond motifs is 1. The van der Waals surface area contributed by atoms with Crippen LogP contribution in [0, 0.1) is 6.92 Å². The number of carbonyl (C=O) groups is 1. The fourth-order valence-corrected chi connectivity index (χ4v) is 2.65. The van der Waals surface area contributed by atoms with Gasteiger partial charge in [0, 0.05) is 18.8 Å². The predicted octanol–water partition coefficient (Wildman–Crippen LogP) is 1.69. The molecule has 1 aliphatic rings. The summed E-state index contributed by atoms with van der Waals surface area (Å²) >= 11 is 0. The Kier molecular flexibility index (Phi) is 3.29. The summed E-state index contributed by atoms with van der Waals surface area (Å²) in [7, 11) is 0. The number of amides is 1. The van der Waals surface area contributed by atoms with Gasteiger partial charge in [-0.2, -0.15) is 5.10 Å². The summed E-state index contributed by atoms with van der Waals surface area (Å²) < 4.78 is 1.73. The van der Waals surface area contributed by atoms with Gasteiger partial charge < -0.3 is 16.4 Å². The van der Waals surface area contributed by atoms with Crippen molar-refractivity contribution in [3.05, 3.63) is 41.2 Å². The van der Waals surface area contributed by atoms with Crippen LogP contribution in [0.5, 0.6) is 0 Å². The number of nitrogen functional groups attached to an aromatic ring is 1. The number of hydrogen-bond acceptors (Lipinski definition) is 4. The Labute approximate surface area is 123 Å². The first-order chi connectivity index (χ1) is 10.1. The van der Waals surface area contributed by atoms with Gasteiger partial charge in [-0.15, -0.1) is 0 Å². The second kappa shape index (κ2) is 5.12. The molecule has 1 amide bonds. The highest BCUT2D eigenvalue weighted by Crippen LogP contribution is 2.28. The van der Waals surface area contributed by atoms with Crippen LogP contribution in [0.1, 0.15) is 34.7 Å². The quantitative estimate of drug-likeness (QED) is 0.733. The Morgan fingerprint density at radius 2 is 2.10 bits per heavy atom. The lowest BCUT2D eigenvalue weighted by molar-refractivity contribution is 0.0945. The third-order valence-corrected chi connectivity index (χ3v) is 3.77. The molecular weight excluding hydrogens is 266 g/mol. The van der Waals surface area contributed by atoms with Gasteiger partial charge in [0.25, 0.3) is 5.91 Å². The van der Waals surface area contributed by atoms with Crippen molar-refractivity contribution in [1.29, 1.82) is 0 Å². The van der Waals surface area contributed by atoms with Crippen LogP contribution in [-0.2, 0) is 6.54 Å². The van der Waals surface area contributed by atoms with Gasteiger partial charge in [-0.1, -0.05) is 12.1 Å².